The second-order valence-corrected chi connectivity index (χ2v) is 6.68. The highest BCUT2D eigenvalue weighted by molar-refractivity contribution is 5.68. The highest BCUT2D eigenvalue weighted by Gasteiger charge is 2.37. The van der Waals surface area contributed by atoms with Gasteiger partial charge in [0, 0.05) is 12.7 Å². The predicted octanol–water partition coefficient (Wildman–Crippen LogP) is 2.26. The smallest absolute Gasteiger partial charge is 0.417 e. The summed E-state index contributed by atoms with van der Waals surface area (Å²) in [5.74, 6) is 0.0775. The molecule has 2 aromatic rings. The summed E-state index contributed by atoms with van der Waals surface area (Å²) in [5.41, 5.74) is -0.111. The Labute approximate surface area is 164 Å². The molecule has 156 valence electrons. The van der Waals surface area contributed by atoms with Gasteiger partial charge in [0.05, 0.1) is 24.3 Å². The third-order valence-corrected chi connectivity index (χ3v) is 4.52. The SMILES string of the molecule is O=C(OCc1ccccc1)N1C[C@H](Nc2ccc(C(F)(F)F)cn2)[C@@H](O)[C@@H](O)C1. The number of aliphatic hydroxyl groups excluding tert-OH is 2. The summed E-state index contributed by atoms with van der Waals surface area (Å²) in [5, 5.41) is 23.0. The Kier molecular flexibility index (Phi) is 6.23. The first kappa shape index (κ1) is 20.9. The van der Waals surface area contributed by atoms with Gasteiger partial charge in [0.25, 0.3) is 0 Å². The van der Waals surface area contributed by atoms with Crippen molar-refractivity contribution in [3.63, 3.8) is 0 Å². The number of carbonyl (C=O) groups is 1. The molecule has 0 aliphatic carbocycles. The van der Waals surface area contributed by atoms with Gasteiger partial charge in [0.1, 0.15) is 18.5 Å². The van der Waals surface area contributed by atoms with Crippen LogP contribution in [-0.2, 0) is 17.5 Å². The quantitative estimate of drug-likeness (QED) is 0.715. The minimum absolute atomic E-state index is 0.0193. The first-order valence-corrected chi connectivity index (χ1v) is 8.85. The zero-order chi connectivity index (χ0) is 21.0. The van der Waals surface area contributed by atoms with Gasteiger partial charge >= 0.3 is 12.3 Å². The van der Waals surface area contributed by atoms with Gasteiger partial charge in [0.15, 0.2) is 0 Å². The van der Waals surface area contributed by atoms with Crippen molar-refractivity contribution in [3.8, 4) is 0 Å². The van der Waals surface area contributed by atoms with Gasteiger partial charge < -0.3 is 25.2 Å². The van der Waals surface area contributed by atoms with Crippen LogP contribution in [0.4, 0.5) is 23.8 Å². The van der Waals surface area contributed by atoms with E-state index in [1.807, 2.05) is 6.07 Å². The van der Waals surface area contributed by atoms with Crippen LogP contribution in [0.25, 0.3) is 0 Å². The van der Waals surface area contributed by atoms with Crippen molar-refractivity contribution in [2.45, 2.75) is 31.0 Å². The number of amides is 1. The zero-order valence-corrected chi connectivity index (χ0v) is 15.2. The molecular formula is C19H20F3N3O4. The highest BCUT2D eigenvalue weighted by Crippen LogP contribution is 2.29. The molecule has 1 aromatic heterocycles. The predicted molar refractivity (Wildman–Crippen MR) is 96.9 cm³/mol. The Morgan fingerprint density at radius 3 is 2.52 bits per heavy atom. The molecular weight excluding hydrogens is 391 g/mol. The standard InChI is InChI=1S/C19H20F3N3O4/c20-19(21,22)13-6-7-16(23-8-13)24-14-9-25(10-15(26)17(14)27)18(28)29-11-12-4-2-1-3-5-12/h1-8,14-15,17,26-27H,9-11H2,(H,23,24)/t14-,15-,17+/m0/s1. The number of pyridine rings is 1. The molecule has 2 heterocycles. The van der Waals surface area contributed by atoms with Gasteiger partial charge in [-0.25, -0.2) is 9.78 Å². The molecule has 0 bridgehead atoms. The van der Waals surface area contributed by atoms with Crippen LogP contribution in [-0.4, -0.2) is 57.5 Å². The summed E-state index contributed by atoms with van der Waals surface area (Å²) in [6.07, 6.45) is -7.00. The van der Waals surface area contributed by atoms with Gasteiger partial charge in [-0.2, -0.15) is 13.2 Å². The van der Waals surface area contributed by atoms with E-state index in [0.717, 1.165) is 17.7 Å². The fourth-order valence-electron chi connectivity index (χ4n) is 2.95. The van der Waals surface area contributed by atoms with E-state index < -0.39 is 36.1 Å². The number of nitrogens with zero attached hydrogens (tertiary/aromatic N) is 2. The molecule has 1 amide bonds. The van der Waals surface area contributed by atoms with Crippen molar-refractivity contribution in [3.05, 3.63) is 59.8 Å². The minimum Gasteiger partial charge on any atom is -0.445 e. The van der Waals surface area contributed by atoms with Gasteiger partial charge in [-0.1, -0.05) is 30.3 Å². The van der Waals surface area contributed by atoms with Crippen molar-refractivity contribution in [1.82, 2.24) is 9.88 Å². The van der Waals surface area contributed by atoms with E-state index in [4.69, 9.17) is 4.74 Å². The van der Waals surface area contributed by atoms with Gasteiger partial charge in [-0.3, -0.25) is 0 Å². The molecule has 0 radical (unpaired) electrons. The lowest BCUT2D eigenvalue weighted by Gasteiger charge is -2.39. The Morgan fingerprint density at radius 2 is 1.90 bits per heavy atom. The molecule has 3 atom stereocenters. The minimum atomic E-state index is -4.51. The van der Waals surface area contributed by atoms with E-state index >= 15 is 0 Å². The van der Waals surface area contributed by atoms with Gasteiger partial charge in [-0.05, 0) is 17.7 Å². The number of hydrogen-bond donors (Lipinski definition) is 3. The van der Waals surface area contributed by atoms with Crippen molar-refractivity contribution >= 4 is 11.9 Å². The monoisotopic (exact) mass is 411 g/mol. The third-order valence-electron chi connectivity index (χ3n) is 4.52. The first-order valence-electron chi connectivity index (χ1n) is 8.85. The van der Waals surface area contributed by atoms with Crippen LogP contribution in [0.2, 0.25) is 0 Å². The number of hydrogen-bond acceptors (Lipinski definition) is 6. The number of alkyl halides is 3. The number of β-amino-alcohol motifs (C(OH)–C–C–N with tert-alkyl or cyclic N) is 1. The maximum absolute atomic E-state index is 12.6. The number of rotatable bonds is 4. The summed E-state index contributed by atoms with van der Waals surface area (Å²) in [7, 11) is 0. The number of ether oxygens (including phenoxy) is 1. The largest absolute Gasteiger partial charge is 0.445 e. The fourth-order valence-corrected chi connectivity index (χ4v) is 2.95. The van der Waals surface area contributed by atoms with Crippen molar-refractivity contribution in [1.29, 1.82) is 0 Å². The summed E-state index contributed by atoms with van der Waals surface area (Å²) < 4.78 is 43.1. The lowest BCUT2D eigenvalue weighted by atomic mass is 10.00. The van der Waals surface area contributed by atoms with E-state index in [1.165, 1.54) is 4.90 Å². The number of aliphatic hydroxyl groups is 2. The molecule has 0 spiro atoms. The van der Waals surface area contributed by atoms with Crippen molar-refractivity contribution in [2.75, 3.05) is 18.4 Å². The first-order chi connectivity index (χ1) is 13.7. The lowest BCUT2D eigenvalue weighted by Crippen LogP contribution is -2.59. The summed E-state index contributed by atoms with van der Waals surface area (Å²) in [6, 6.07) is 10.2. The van der Waals surface area contributed by atoms with Crippen LogP contribution in [0, 0.1) is 0 Å². The lowest BCUT2D eigenvalue weighted by molar-refractivity contribution is -0.137. The second-order valence-electron chi connectivity index (χ2n) is 6.68. The molecule has 10 heteroatoms. The Hall–Kier alpha value is -2.85. The van der Waals surface area contributed by atoms with E-state index in [-0.39, 0.29) is 25.5 Å². The van der Waals surface area contributed by atoms with E-state index in [9.17, 15) is 28.2 Å². The molecule has 0 saturated carbocycles. The molecule has 7 nitrogen and oxygen atoms in total. The van der Waals surface area contributed by atoms with E-state index in [0.29, 0.717) is 6.20 Å². The number of likely N-dealkylation sites (tertiary alicyclic amines) is 1. The fraction of sp³-hybridized carbons (Fsp3) is 0.368. The number of nitrogens with one attached hydrogen (secondary N) is 1. The van der Waals surface area contributed by atoms with Crippen LogP contribution in [0.3, 0.4) is 0 Å². The van der Waals surface area contributed by atoms with Gasteiger partial charge in [-0.15, -0.1) is 0 Å². The third kappa shape index (κ3) is 5.36. The summed E-state index contributed by atoms with van der Waals surface area (Å²) in [6.45, 7) is -0.102. The van der Waals surface area contributed by atoms with Crippen LogP contribution < -0.4 is 5.32 Å². The molecule has 1 saturated heterocycles. The van der Waals surface area contributed by atoms with E-state index in [1.54, 1.807) is 24.3 Å². The molecule has 29 heavy (non-hydrogen) atoms. The molecule has 3 rings (SSSR count). The van der Waals surface area contributed by atoms with Crippen LogP contribution in [0.15, 0.2) is 48.7 Å². The van der Waals surface area contributed by atoms with Crippen LogP contribution in [0.1, 0.15) is 11.1 Å². The number of piperidine rings is 1. The Morgan fingerprint density at radius 1 is 1.17 bits per heavy atom. The molecule has 1 aliphatic heterocycles. The number of aromatic nitrogens is 1. The summed E-state index contributed by atoms with van der Waals surface area (Å²) in [4.78, 5) is 17.2. The molecule has 1 fully saturated rings. The maximum Gasteiger partial charge on any atom is 0.417 e. The average molecular weight is 411 g/mol. The topological polar surface area (TPSA) is 94.9 Å². The van der Waals surface area contributed by atoms with E-state index in [2.05, 4.69) is 10.3 Å². The number of halogens is 3. The van der Waals surface area contributed by atoms with Crippen molar-refractivity contribution in [2.24, 2.45) is 0 Å². The second kappa shape index (κ2) is 8.66. The number of carbonyl (C=O) groups excluding carboxylic acids is 1. The molecule has 0 unspecified atom stereocenters. The number of anilines is 1. The van der Waals surface area contributed by atoms with Crippen molar-refractivity contribution < 1.29 is 32.9 Å². The van der Waals surface area contributed by atoms with Gasteiger partial charge in [0.2, 0.25) is 0 Å². The number of benzene rings is 1. The highest BCUT2D eigenvalue weighted by atomic mass is 19.4. The molecule has 3 N–H and O–H groups in total. The molecule has 1 aliphatic rings. The maximum atomic E-state index is 12.6. The van der Waals surface area contributed by atoms with Crippen LogP contribution >= 0.6 is 0 Å². The Balaban J connectivity index is 1.62. The van der Waals surface area contributed by atoms with Crippen LogP contribution in [0.5, 0.6) is 0 Å². The summed E-state index contributed by atoms with van der Waals surface area (Å²) >= 11 is 0. The normalized spacial score (nSPS) is 22.2. The zero-order valence-electron chi connectivity index (χ0n) is 15.2. The molecule has 1 aromatic carbocycles. The Bertz CT molecular complexity index is 818. The average Bonchev–Trinajstić information content (AvgIpc) is 2.70.